The van der Waals surface area contributed by atoms with Crippen molar-refractivity contribution in [1.29, 1.82) is 0 Å². The van der Waals surface area contributed by atoms with Gasteiger partial charge in [-0.3, -0.25) is 0 Å². The lowest BCUT2D eigenvalue weighted by Gasteiger charge is -2.24. The molecule has 0 aliphatic carbocycles. The van der Waals surface area contributed by atoms with Crippen LogP contribution in [0.4, 0.5) is 0 Å². The molecule has 20 heavy (non-hydrogen) atoms. The van der Waals surface area contributed by atoms with E-state index in [1.807, 2.05) is 13.8 Å². The van der Waals surface area contributed by atoms with E-state index >= 15 is 0 Å². The highest BCUT2D eigenvalue weighted by Crippen LogP contribution is 2.24. The van der Waals surface area contributed by atoms with Gasteiger partial charge in [0.25, 0.3) is 0 Å². The fourth-order valence-corrected chi connectivity index (χ4v) is 3.23. The third-order valence-electron chi connectivity index (χ3n) is 3.17. The van der Waals surface area contributed by atoms with Gasteiger partial charge < -0.3 is 10.4 Å². The molecule has 0 radical (unpaired) electrons. The summed E-state index contributed by atoms with van der Waals surface area (Å²) in [7, 11) is -3.30. The summed E-state index contributed by atoms with van der Waals surface area (Å²) in [5.41, 5.74) is 0.540. The second-order valence-corrected chi connectivity index (χ2v) is 8.12. The van der Waals surface area contributed by atoms with Crippen molar-refractivity contribution in [3.05, 3.63) is 28.8 Å². The zero-order chi connectivity index (χ0) is 15.4. The number of sulfone groups is 1. The molecule has 0 atom stereocenters. The molecule has 114 valence electrons. The second kappa shape index (κ2) is 6.89. The summed E-state index contributed by atoms with van der Waals surface area (Å²) in [6.07, 6.45) is 1.86. The number of halogens is 1. The number of benzene rings is 1. The molecule has 0 saturated heterocycles. The summed E-state index contributed by atoms with van der Waals surface area (Å²) in [4.78, 5) is 0.262. The van der Waals surface area contributed by atoms with E-state index in [1.54, 1.807) is 18.2 Å². The van der Waals surface area contributed by atoms with Crippen molar-refractivity contribution in [2.75, 3.05) is 19.4 Å². The molecular weight excluding hydrogens is 298 g/mol. The molecule has 0 amide bonds. The van der Waals surface area contributed by atoms with Crippen molar-refractivity contribution < 1.29 is 13.5 Å². The molecule has 0 bridgehead atoms. The summed E-state index contributed by atoms with van der Waals surface area (Å²) in [5, 5.41) is 12.6. The Morgan fingerprint density at radius 2 is 2.00 bits per heavy atom. The number of hydrogen-bond donors (Lipinski definition) is 2. The predicted octanol–water partition coefficient (Wildman–Crippen LogP) is 2.24. The summed E-state index contributed by atoms with van der Waals surface area (Å²) < 4.78 is 23.5. The molecule has 0 aliphatic rings. The lowest BCUT2D eigenvalue weighted by Crippen LogP contribution is -2.30. The maximum absolute atomic E-state index is 11.7. The Labute approximate surface area is 126 Å². The summed E-state index contributed by atoms with van der Waals surface area (Å²) in [5.74, 6) is 0. The lowest BCUT2D eigenvalue weighted by atomic mass is 9.90. The van der Waals surface area contributed by atoms with Gasteiger partial charge in [-0.05, 0) is 24.0 Å². The first kappa shape index (κ1) is 17.4. The van der Waals surface area contributed by atoms with Crippen LogP contribution in [0.3, 0.4) is 0 Å². The highest BCUT2D eigenvalue weighted by Gasteiger charge is 2.19. The quantitative estimate of drug-likeness (QED) is 0.809. The van der Waals surface area contributed by atoms with E-state index in [2.05, 4.69) is 5.32 Å². The van der Waals surface area contributed by atoms with Crippen LogP contribution in [0, 0.1) is 5.41 Å². The minimum atomic E-state index is -3.30. The highest BCUT2D eigenvalue weighted by molar-refractivity contribution is 7.90. The van der Waals surface area contributed by atoms with Gasteiger partial charge in [-0.25, -0.2) is 8.42 Å². The molecule has 0 heterocycles. The molecule has 4 nitrogen and oxygen atoms in total. The third kappa shape index (κ3) is 5.05. The molecular formula is C14H22ClNO3S. The van der Waals surface area contributed by atoms with Crippen LogP contribution < -0.4 is 5.32 Å². The van der Waals surface area contributed by atoms with Gasteiger partial charge in [-0.15, -0.1) is 0 Å². The second-order valence-electron chi connectivity index (χ2n) is 5.73. The van der Waals surface area contributed by atoms with Crippen LogP contribution in [0.1, 0.15) is 25.8 Å². The van der Waals surface area contributed by atoms with Crippen molar-refractivity contribution in [1.82, 2.24) is 5.32 Å². The Morgan fingerprint density at radius 3 is 2.55 bits per heavy atom. The Bertz CT molecular complexity index is 556. The first-order valence-electron chi connectivity index (χ1n) is 6.46. The summed E-state index contributed by atoms with van der Waals surface area (Å²) in [6.45, 7) is 5.27. The average Bonchev–Trinajstić information content (AvgIpc) is 2.29. The van der Waals surface area contributed by atoms with E-state index in [1.165, 1.54) is 6.26 Å². The van der Waals surface area contributed by atoms with Crippen molar-refractivity contribution >= 4 is 21.4 Å². The SMILES string of the molecule is CC(C)(CCO)CNCc1c(Cl)cccc1S(C)(=O)=O. The molecule has 0 aromatic heterocycles. The zero-order valence-corrected chi connectivity index (χ0v) is 13.7. The van der Waals surface area contributed by atoms with E-state index in [0.29, 0.717) is 30.1 Å². The fraction of sp³-hybridized carbons (Fsp3) is 0.571. The van der Waals surface area contributed by atoms with Crippen LogP contribution in [0.5, 0.6) is 0 Å². The van der Waals surface area contributed by atoms with E-state index in [4.69, 9.17) is 16.7 Å². The fourth-order valence-electron chi connectivity index (χ4n) is 1.97. The number of aliphatic hydroxyl groups excluding tert-OH is 1. The van der Waals surface area contributed by atoms with Gasteiger partial charge in [-0.1, -0.05) is 31.5 Å². The van der Waals surface area contributed by atoms with Crippen molar-refractivity contribution in [3.8, 4) is 0 Å². The van der Waals surface area contributed by atoms with Crippen LogP contribution >= 0.6 is 11.6 Å². The highest BCUT2D eigenvalue weighted by atomic mass is 35.5. The lowest BCUT2D eigenvalue weighted by molar-refractivity contribution is 0.207. The number of rotatable bonds is 7. The Morgan fingerprint density at radius 1 is 1.35 bits per heavy atom. The van der Waals surface area contributed by atoms with Gasteiger partial charge in [0.1, 0.15) is 0 Å². The average molecular weight is 320 g/mol. The van der Waals surface area contributed by atoms with Crippen LogP contribution in [0.25, 0.3) is 0 Å². The summed E-state index contributed by atoms with van der Waals surface area (Å²) in [6, 6.07) is 4.89. The minimum Gasteiger partial charge on any atom is -0.396 e. The van der Waals surface area contributed by atoms with Gasteiger partial charge >= 0.3 is 0 Å². The number of nitrogens with one attached hydrogen (secondary N) is 1. The molecule has 0 fully saturated rings. The van der Waals surface area contributed by atoms with E-state index < -0.39 is 9.84 Å². The monoisotopic (exact) mass is 319 g/mol. The maximum atomic E-state index is 11.7. The first-order chi connectivity index (χ1) is 9.17. The third-order valence-corrected chi connectivity index (χ3v) is 4.70. The van der Waals surface area contributed by atoms with Gasteiger partial charge in [-0.2, -0.15) is 0 Å². The van der Waals surface area contributed by atoms with Crippen LogP contribution in [0.2, 0.25) is 5.02 Å². The Balaban J connectivity index is 2.84. The molecule has 1 rings (SSSR count). The van der Waals surface area contributed by atoms with Crippen molar-refractivity contribution in [3.63, 3.8) is 0 Å². The molecule has 0 saturated carbocycles. The molecule has 2 N–H and O–H groups in total. The van der Waals surface area contributed by atoms with E-state index in [9.17, 15) is 8.42 Å². The first-order valence-corrected chi connectivity index (χ1v) is 8.73. The van der Waals surface area contributed by atoms with Gasteiger partial charge in [0.2, 0.25) is 0 Å². The predicted molar refractivity (Wildman–Crippen MR) is 81.8 cm³/mol. The Hall–Kier alpha value is -0.620. The topological polar surface area (TPSA) is 66.4 Å². The van der Waals surface area contributed by atoms with E-state index in [0.717, 1.165) is 0 Å². The molecule has 0 aliphatic heterocycles. The minimum absolute atomic E-state index is 0.0543. The zero-order valence-electron chi connectivity index (χ0n) is 12.1. The van der Waals surface area contributed by atoms with Gasteiger partial charge in [0, 0.05) is 36.5 Å². The van der Waals surface area contributed by atoms with Gasteiger partial charge in [0.15, 0.2) is 9.84 Å². The smallest absolute Gasteiger partial charge is 0.175 e. The number of hydrogen-bond acceptors (Lipinski definition) is 4. The molecule has 0 spiro atoms. The standard InChI is InChI=1S/C14H22ClNO3S/c1-14(2,7-8-17)10-16-9-11-12(15)5-4-6-13(11)20(3,18)19/h4-6,16-17H,7-10H2,1-3H3. The van der Waals surface area contributed by atoms with Gasteiger partial charge in [0.05, 0.1) is 4.90 Å². The molecule has 1 aromatic rings. The largest absolute Gasteiger partial charge is 0.396 e. The maximum Gasteiger partial charge on any atom is 0.175 e. The molecule has 0 unspecified atom stereocenters. The molecule has 6 heteroatoms. The van der Waals surface area contributed by atoms with Crippen LogP contribution in [-0.2, 0) is 16.4 Å². The van der Waals surface area contributed by atoms with Crippen molar-refractivity contribution in [2.24, 2.45) is 5.41 Å². The normalized spacial score (nSPS) is 12.7. The van der Waals surface area contributed by atoms with Crippen LogP contribution in [-0.4, -0.2) is 32.9 Å². The number of aliphatic hydroxyl groups is 1. The van der Waals surface area contributed by atoms with Crippen molar-refractivity contribution in [2.45, 2.75) is 31.7 Å². The summed E-state index contributed by atoms with van der Waals surface area (Å²) >= 11 is 6.10. The molecule has 1 aromatic carbocycles. The van der Waals surface area contributed by atoms with Crippen LogP contribution in [0.15, 0.2) is 23.1 Å². The Kier molecular flexibility index (Phi) is 6.01. The van der Waals surface area contributed by atoms with E-state index in [-0.39, 0.29) is 16.9 Å².